The van der Waals surface area contributed by atoms with E-state index >= 15 is 0 Å². The Morgan fingerprint density at radius 1 is 1.17 bits per heavy atom. The van der Waals surface area contributed by atoms with Gasteiger partial charge >= 0.3 is 0 Å². The van der Waals surface area contributed by atoms with Gasteiger partial charge in [-0.15, -0.1) is 22.7 Å². The fourth-order valence-corrected chi connectivity index (χ4v) is 3.78. The van der Waals surface area contributed by atoms with Crippen molar-refractivity contribution in [1.29, 1.82) is 0 Å². The topological polar surface area (TPSA) is 24.9 Å². The third kappa shape index (κ3) is 2.19. The standard InChI is InChI=1S/C14H14N2S2/c1-2-15-7-10-8-18-14(16-10)12-9-17-13-6-4-3-5-11(12)13/h3-6,8-9,15H,2,7H2,1H3. The maximum Gasteiger partial charge on any atom is 0.125 e. The van der Waals surface area contributed by atoms with Crippen molar-refractivity contribution in [2.24, 2.45) is 0 Å². The molecule has 0 unspecified atom stereocenters. The van der Waals surface area contributed by atoms with Gasteiger partial charge in [-0.05, 0) is 12.6 Å². The molecular formula is C14H14N2S2. The summed E-state index contributed by atoms with van der Waals surface area (Å²) in [6.45, 7) is 3.95. The molecule has 1 aromatic carbocycles. The second kappa shape index (κ2) is 5.18. The van der Waals surface area contributed by atoms with Gasteiger partial charge < -0.3 is 5.32 Å². The van der Waals surface area contributed by atoms with Gasteiger partial charge in [0.25, 0.3) is 0 Å². The van der Waals surface area contributed by atoms with Crippen LogP contribution < -0.4 is 5.32 Å². The molecule has 2 heterocycles. The lowest BCUT2D eigenvalue weighted by Crippen LogP contribution is -2.11. The number of rotatable bonds is 4. The van der Waals surface area contributed by atoms with Gasteiger partial charge in [0.1, 0.15) is 5.01 Å². The maximum atomic E-state index is 4.70. The van der Waals surface area contributed by atoms with Crippen LogP contribution in [-0.4, -0.2) is 11.5 Å². The smallest absolute Gasteiger partial charge is 0.125 e. The summed E-state index contributed by atoms with van der Waals surface area (Å²) in [5, 5.41) is 10.1. The zero-order valence-electron chi connectivity index (χ0n) is 10.1. The molecule has 0 bridgehead atoms. The number of fused-ring (bicyclic) bond motifs is 1. The second-order valence-corrected chi connectivity index (χ2v) is 5.84. The summed E-state index contributed by atoms with van der Waals surface area (Å²) in [6.07, 6.45) is 0. The summed E-state index contributed by atoms with van der Waals surface area (Å²) in [7, 11) is 0. The summed E-state index contributed by atoms with van der Waals surface area (Å²) < 4.78 is 1.33. The number of hydrogen-bond donors (Lipinski definition) is 1. The van der Waals surface area contributed by atoms with E-state index in [9.17, 15) is 0 Å². The second-order valence-electron chi connectivity index (χ2n) is 4.07. The van der Waals surface area contributed by atoms with Crippen molar-refractivity contribution in [3.05, 3.63) is 40.7 Å². The van der Waals surface area contributed by atoms with Crippen molar-refractivity contribution < 1.29 is 0 Å². The molecule has 0 aliphatic heterocycles. The molecular weight excluding hydrogens is 260 g/mol. The maximum absolute atomic E-state index is 4.70. The predicted molar refractivity (Wildman–Crippen MR) is 80.3 cm³/mol. The Hall–Kier alpha value is -1.23. The molecule has 0 spiro atoms. The predicted octanol–water partition coefficient (Wildman–Crippen LogP) is 4.13. The lowest BCUT2D eigenvalue weighted by atomic mass is 10.2. The first kappa shape index (κ1) is 11.8. The summed E-state index contributed by atoms with van der Waals surface area (Å²) in [6, 6.07) is 8.51. The average molecular weight is 274 g/mol. The Morgan fingerprint density at radius 2 is 2.06 bits per heavy atom. The highest BCUT2D eigenvalue weighted by molar-refractivity contribution is 7.18. The molecule has 0 atom stereocenters. The zero-order chi connectivity index (χ0) is 12.4. The molecule has 0 aliphatic carbocycles. The monoisotopic (exact) mass is 274 g/mol. The summed E-state index contributed by atoms with van der Waals surface area (Å²) in [4.78, 5) is 4.70. The van der Waals surface area contributed by atoms with Crippen molar-refractivity contribution >= 4 is 32.8 Å². The molecule has 92 valence electrons. The van der Waals surface area contributed by atoms with Crippen LogP contribution >= 0.6 is 22.7 Å². The number of aromatic nitrogens is 1. The van der Waals surface area contributed by atoms with Gasteiger partial charge in [0, 0.05) is 33.0 Å². The molecule has 1 N–H and O–H groups in total. The third-order valence-corrected chi connectivity index (χ3v) is 4.71. The van der Waals surface area contributed by atoms with Crippen molar-refractivity contribution in [2.45, 2.75) is 13.5 Å². The van der Waals surface area contributed by atoms with E-state index in [-0.39, 0.29) is 0 Å². The molecule has 3 aromatic rings. The molecule has 0 fully saturated rings. The van der Waals surface area contributed by atoms with Gasteiger partial charge in [-0.25, -0.2) is 4.98 Å². The van der Waals surface area contributed by atoms with E-state index in [2.05, 4.69) is 47.3 Å². The quantitative estimate of drug-likeness (QED) is 0.773. The minimum Gasteiger partial charge on any atom is -0.311 e. The number of nitrogens with one attached hydrogen (secondary N) is 1. The number of thiazole rings is 1. The first-order chi connectivity index (χ1) is 8.88. The van der Waals surface area contributed by atoms with Gasteiger partial charge in [-0.1, -0.05) is 25.1 Å². The molecule has 18 heavy (non-hydrogen) atoms. The minimum absolute atomic E-state index is 0.856. The lowest BCUT2D eigenvalue weighted by molar-refractivity contribution is 0.715. The van der Waals surface area contributed by atoms with Gasteiger partial charge in [0.15, 0.2) is 0 Å². The van der Waals surface area contributed by atoms with E-state index in [4.69, 9.17) is 4.98 Å². The van der Waals surface area contributed by atoms with Crippen molar-refractivity contribution in [1.82, 2.24) is 10.3 Å². The number of thiophene rings is 1. The third-order valence-electron chi connectivity index (χ3n) is 2.82. The molecule has 2 aromatic heterocycles. The van der Waals surface area contributed by atoms with Gasteiger partial charge in [-0.2, -0.15) is 0 Å². The molecule has 0 saturated carbocycles. The van der Waals surface area contributed by atoms with E-state index in [1.807, 2.05) is 0 Å². The van der Waals surface area contributed by atoms with Gasteiger partial charge in [-0.3, -0.25) is 0 Å². The van der Waals surface area contributed by atoms with Crippen LogP contribution in [0.25, 0.3) is 20.7 Å². The van der Waals surface area contributed by atoms with Crippen LogP contribution in [0.3, 0.4) is 0 Å². The molecule has 0 radical (unpaired) electrons. The first-order valence-corrected chi connectivity index (χ1v) is 7.76. The Morgan fingerprint density at radius 3 is 2.94 bits per heavy atom. The van der Waals surface area contributed by atoms with Crippen molar-refractivity contribution in [2.75, 3.05) is 6.54 Å². The highest BCUT2D eigenvalue weighted by atomic mass is 32.1. The fourth-order valence-electron chi connectivity index (χ4n) is 1.91. The molecule has 0 aliphatic rings. The number of benzene rings is 1. The molecule has 2 nitrogen and oxygen atoms in total. The SMILES string of the molecule is CCNCc1csc(-c2csc3ccccc23)n1. The number of hydrogen-bond acceptors (Lipinski definition) is 4. The zero-order valence-corrected chi connectivity index (χ0v) is 11.8. The minimum atomic E-state index is 0.856. The van der Waals surface area contributed by atoms with Crippen molar-refractivity contribution in [3.8, 4) is 10.6 Å². The van der Waals surface area contributed by atoms with E-state index in [0.29, 0.717) is 0 Å². The van der Waals surface area contributed by atoms with Gasteiger partial charge in [0.05, 0.1) is 5.69 Å². The van der Waals surface area contributed by atoms with Crippen LogP contribution in [-0.2, 0) is 6.54 Å². The normalized spacial score (nSPS) is 11.2. The van der Waals surface area contributed by atoms with Crippen LogP contribution in [0.15, 0.2) is 35.0 Å². The Labute approximate surface area is 114 Å². The number of nitrogens with zero attached hydrogens (tertiary/aromatic N) is 1. The van der Waals surface area contributed by atoms with E-state index < -0.39 is 0 Å². The molecule has 0 saturated heterocycles. The Kier molecular flexibility index (Phi) is 3.41. The van der Waals surface area contributed by atoms with E-state index in [0.717, 1.165) is 23.8 Å². The van der Waals surface area contributed by atoms with Crippen LogP contribution in [0.2, 0.25) is 0 Å². The first-order valence-electron chi connectivity index (χ1n) is 6.00. The van der Waals surface area contributed by atoms with Crippen molar-refractivity contribution in [3.63, 3.8) is 0 Å². The van der Waals surface area contributed by atoms with Gasteiger partial charge in [0.2, 0.25) is 0 Å². The highest BCUT2D eigenvalue weighted by Gasteiger charge is 2.09. The van der Waals surface area contributed by atoms with Crippen LogP contribution in [0.4, 0.5) is 0 Å². The Balaban J connectivity index is 1.96. The van der Waals surface area contributed by atoms with Crippen LogP contribution in [0.5, 0.6) is 0 Å². The van der Waals surface area contributed by atoms with E-state index in [1.165, 1.54) is 15.6 Å². The van der Waals surface area contributed by atoms with E-state index in [1.54, 1.807) is 22.7 Å². The average Bonchev–Trinajstić information content (AvgIpc) is 3.02. The summed E-state index contributed by atoms with van der Waals surface area (Å²) in [5.41, 5.74) is 2.40. The fraction of sp³-hybridized carbons (Fsp3) is 0.214. The summed E-state index contributed by atoms with van der Waals surface area (Å²) in [5.74, 6) is 0. The molecule has 3 rings (SSSR count). The largest absolute Gasteiger partial charge is 0.311 e. The molecule has 0 amide bonds. The van der Waals surface area contributed by atoms with Crippen LogP contribution in [0.1, 0.15) is 12.6 Å². The Bertz CT molecular complexity index is 654. The summed E-state index contributed by atoms with van der Waals surface area (Å²) >= 11 is 3.52. The lowest BCUT2D eigenvalue weighted by Gasteiger charge is -1.96. The van der Waals surface area contributed by atoms with Crippen LogP contribution in [0, 0.1) is 0 Å². The molecule has 4 heteroatoms. The highest BCUT2D eigenvalue weighted by Crippen LogP contribution is 2.35.